The number of carbonyl (C=O) groups excluding carboxylic acids is 1. The SMILES string of the molecule is COc1cc(-c2cn(C3CCc4c(F)cccc4N(CC(F)(F)F)C3=O)nn2)ccc1-c1ccc(O)cc1. The number of amides is 1. The van der Waals surface area contributed by atoms with Crippen LogP contribution in [0.15, 0.2) is 66.9 Å². The molecule has 1 N–H and O–H groups in total. The fraction of sp³-hybridized carbons (Fsp3) is 0.222. The van der Waals surface area contributed by atoms with Crippen LogP contribution in [0, 0.1) is 5.82 Å². The van der Waals surface area contributed by atoms with Gasteiger partial charge in [-0.2, -0.15) is 13.2 Å². The summed E-state index contributed by atoms with van der Waals surface area (Å²) in [5.41, 5.74) is 2.54. The standard InChI is InChI=1S/C27H22F4N4O3/c1-38-25-13-17(7-10-19(25)16-5-8-18(36)9-6-16)22-14-35(33-32-22)24-12-11-20-21(28)3-2-4-23(20)34(26(24)37)15-27(29,30)31/h2-10,13-14,24,36H,11-12,15H2,1H3. The molecule has 1 aromatic heterocycles. The highest BCUT2D eigenvalue weighted by Crippen LogP contribution is 2.37. The lowest BCUT2D eigenvalue weighted by Gasteiger charge is -2.26. The first-order valence-electron chi connectivity index (χ1n) is 11.7. The lowest BCUT2D eigenvalue weighted by Crippen LogP contribution is -2.42. The fourth-order valence-corrected chi connectivity index (χ4v) is 4.63. The second-order valence-corrected chi connectivity index (χ2v) is 8.88. The third-order valence-corrected chi connectivity index (χ3v) is 6.45. The smallest absolute Gasteiger partial charge is 0.406 e. The monoisotopic (exact) mass is 526 g/mol. The van der Waals surface area contributed by atoms with E-state index in [9.17, 15) is 27.5 Å². The number of carbonyl (C=O) groups is 1. The molecule has 0 bridgehead atoms. The van der Waals surface area contributed by atoms with Crippen LogP contribution in [-0.2, 0) is 11.2 Å². The second-order valence-electron chi connectivity index (χ2n) is 8.88. The number of phenolic OH excluding ortho intramolecular Hbond substituents is 1. The molecule has 1 aliphatic heterocycles. The number of nitrogens with zero attached hydrogens (tertiary/aromatic N) is 4. The maximum absolute atomic E-state index is 14.5. The van der Waals surface area contributed by atoms with Gasteiger partial charge < -0.3 is 14.7 Å². The zero-order valence-electron chi connectivity index (χ0n) is 20.1. The Balaban J connectivity index is 1.47. The van der Waals surface area contributed by atoms with Gasteiger partial charge in [-0.3, -0.25) is 4.79 Å². The number of phenols is 1. The molecule has 196 valence electrons. The minimum Gasteiger partial charge on any atom is -0.508 e. The van der Waals surface area contributed by atoms with Gasteiger partial charge in [0, 0.05) is 16.7 Å². The van der Waals surface area contributed by atoms with Crippen molar-refractivity contribution in [3.63, 3.8) is 0 Å². The number of hydrogen-bond acceptors (Lipinski definition) is 5. The molecule has 3 aromatic carbocycles. The van der Waals surface area contributed by atoms with Gasteiger partial charge in [-0.25, -0.2) is 9.07 Å². The maximum atomic E-state index is 14.5. The molecule has 1 aliphatic rings. The quantitative estimate of drug-likeness (QED) is 0.345. The molecule has 0 saturated carbocycles. The van der Waals surface area contributed by atoms with Gasteiger partial charge in [0.1, 0.15) is 35.6 Å². The van der Waals surface area contributed by atoms with E-state index >= 15 is 0 Å². The van der Waals surface area contributed by atoms with Gasteiger partial charge in [0.15, 0.2) is 0 Å². The van der Waals surface area contributed by atoms with Crippen LogP contribution < -0.4 is 9.64 Å². The Bertz CT molecular complexity index is 1480. The number of alkyl halides is 3. The number of methoxy groups -OCH3 is 1. The van der Waals surface area contributed by atoms with Crippen LogP contribution in [0.3, 0.4) is 0 Å². The molecular formula is C27H22F4N4O3. The van der Waals surface area contributed by atoms with E-state index in [1.165, 1.54) is 30.1 Å². The molecule has 0 saturated heterocycles. The van der Waals surface area contributed by atoms with Crippen LogP contribution >= 0.6 is 0 Å². The number of rotatable bonds is 5. The zero-order valence-corrected chi connectivity index (χ0v) is 20.1. The number of ether oxygens (including phenoxy) is 1. The van der Waals surface area contributed by atoms with Crippen molar-refractivity contribution >= 4 is 11.6 Å². The average molecular weight is 526 g/mol. The molecule has 1 amide bonds. The highest BCUT2D eigenvalue weighted by Gasteiger charge is 2.40. The van der Waals surface area contributed by atoms with Gasteiger partial charge in [-0.15, -0.1) is 5.10 Å². The Kier molecular flexibility index (Phi) is 6.52. The highest BCUT2D eigenvalue weighted by atomic mass is 19.4. The lowest BCUT2D eigenvalue weighted by atomic mass is 10.0. The predicted octanol–water partition coefficient (Wildman–Crippen LogP) is 5.55. The second kappa shape index (κ2) is 9.81. The van der Waals surface area contributed by atoms with Crippen LogP contribution in [0.2, 0.25) is 0 Å². The van der Waals surface area contributed by atoms with E-state index in [2.05, 4.69) is 10.3 Å². The van der Waals surface area contributed by atoms with Crippen molar-refractivity contribution < 1.29 is 32.2 Å². The van der Waals surface area contributed by atoms with E-state index in [-0.39, 0.29) is 29.8 Å². The van der Waals surface area contributed by atoms with Crippen LogP contribution in [0.5, 0.6) is 11.5 Å². The molecule has 2 heterocycles. The molecule has 7 nitrogen and oxygen atoms in total. The molecule has 0 spiro atoms. The van der Waals surface area contributed by atoms with Gasteiger partial charge in [0.2, 0.25) is 0 Å². The summed E-state index contributed by atoms with van der Waals surface area (Å²) in [6.07, 6.45) is -3.10. The molecule has 11 heteroatoms. The van der Waals surface area contributed by atoms with Crippen molar-refractivity contribution in [1.82, 2.24) is 15.0 Å². The summed E-state index contributed by atoms with van der Waals surface area (Å²) in [5.74, 6) is -0.851. The van der Waals surface area contributed by atoms with Gasteiger partial charge in [-0.1, -0.05) is 29.5 Å². The number of aromatic hydroxyl groups is 1. The molecule has 38 heavy (non-hydrogen) atoms. The number of halogens is 4. The topological polar surface area (TPSA) is 80.5 Å². The largest absolute Gasteiger partial charge is 0.508 e. The number of anilines is 1. The number of benzene rings is 3. The van der Waals surface area contributed by atoms with Crippen LogP contribution in [0.1, 0.15) is 18.0 Å². The van der Waals surface area contributed by atoms with E-state index in [0.29, 0.717) is 21.9 Å². The Morgan fingerprint density at radius 2 is 1.82 bits per heavy atom. The highest BCUT2D eigenvalue weighted by molar-refractivity contribution is 5.97. The maximum Gasteiger partial charge on any atom is 0.406 e. The van der Waals surface area contributed by atoms with Crippen molar-refractivity contribution in [3.05, 3.63) is 78.2 Å². The third-order valence-electron chi connectivity index (χ3n) is 6.45. The summed E-state index contributed by atoms with van der Waals surface area (Å²) in [5, 5.41) is 17.7. The Labute approximate surface area is 214 Å². The molecule has 0 radical (unpaired) electrons. The summed E-state index contributed by atoms with van der Waals surface area (Å²) >= 11 is 0. The van der Waals surface area contributed by atoms with Crippen molar-refractivity contribution in [3.8, 4) is 33.9 Å². The number of aromatic nitrogens is 3. The fourth-order valence-electron chi connectivity index (χ4n) is 4.63. The molecular weight excluding hydrogens is 504 g/mol. The first-order chi connectivity index (χ1) is 18.1. The van der Waals surface area contributed by atoms with E-state index < -0.39 is 30.5 Å². The van der Waals surface area contributed by atoms with Crippen LogP contribution in [0.25, 0.3) is 22.4 Å². The first kappa shape index (κ1) is 25.2. The zero-order chi connectivity index (χ0) is 27.0. The molecule has 1 atom stereocenters. The van der Waals surface area contributed by atoms with E-state index in [4.69, 9.17) is 4.74 Å². The van der Waals surface area contributed by atoms with E-state index in [0.717, 1.165) is 17.2 Å². The Morgan fingerprint density at radius 3 is 2.53 bits per heavy atom. The van der Waals surface area contributed by atoms with Crippen molar-refractivity contribution in [2.24, 2.45) is 0 Å². The van der Waals surface area contributed by atoms with Gasteiger partial charge in [-0.05, 0) is 54.8 Å². The molecule has 0 aliphatic carbocycles. The van der Waals surface area contributed by atoms with Gasteiger partial charge in [0.25, 0.3) is 5.91 Å². The molecule has 0 fully saturated rings. The molecule has 1 unspecified atom stereocenters. The summed E-state index contributed by atoms with van der Waals surface area (Å²) in [6, 6.07) is 14.6. The summed E-state index contributed by atoms with van der Waals surface area (Å²) < 4.78 is 61.5. The summed E-state index contributed by atoms with van der Waals surface area (Å²) in [7, 11) is 1.51. The van der Waals surface area contributed by atoms with Crippen molar-refractivity contribution in [1.29, 1.82) is 0 Å². The Hall–Kier alpha value is -4.41. The first-order valence-corrected chi connectivity index (χ1v) is 11.7. The van der Waals surface area contributed by atoms with Gasteiger partial charge >= 0.3 is 6.18 Å². The Morgan fingerprint density at radius 1 is 1.08 bits per heavy atom. The molecule has 5 rings (SSSR count). The third kappa shape index (κ3) is 4.91. The minimum atomic E-state index is -4.68. The minimum absolute atomic E-state index is 0.0486. The lowest BCUT2D eigenvalue weighted by molar-refractivity contribution is -0.134. The average Bonchev–Trinajstić information content (AvgIpc) is 3.33. The van der Waals surface area contributed by atoms with Crippen LogP contribution in [0.4, 0.5) is 23.2 Å². The van der Waals surface area contributed by atoms with Crippen molar-refractivity contribution in [2.45, 2.75) is 25.1 Å². The normalized spacial score (nSPS) is 15.8. The number of hydrogen-bond donors (Lipinski definition) is 1. The molecule has 4 aromatic rings. The van der Waals surface area contributed by atoms with Gasteiger partial charge in [0.05, 0.1) is 19.0 Å². The van der Waals surface area contributed by atoms with Crippen LogP contribution in [-0.4, -0.2) is 45.8 Å². The predicted molar refractivity (Wildman–Crippen MR) is 131 cm³/mol. The van der Waals surface area contributed by atoms with E-state index in [1.807, 2.05) is 0 Å². The number of fused-ring (bicyclic) bond motifs is 1. The summed E-state index contributed by atoms with van der Waals surface area (Å²) in [6.45, 7) is -1.55. The summed E-state index contributed by atoms with van der Waals surface area (Å²) in [4.78, 5) is 13.9. The van der Waals surface area contributed by atoms with E-state index in [1.54, 1.807) is 42.5 Å². The van der Waals surface area contributed by atoms with Crippen molar-refractivity contribution in [2.75, 3.05) is 18.6 Å².